The molecule has 1 aromatic carbocycles. The maximum Gasteiger partial charge on any atom is 0.203 e. The molecule has 1 aromatic rings. The zero-order valence-electron chi connectivity index (χ0n) is 12.2. The van der Waals surface area contributed by atoms with Crippen molar-refractivity contribution >= 4 is 0 Å². The highest BCUT2D eigenvalue weighted by atomic mass is 16.5. The Labute approximate surface area is 122 Å². The number of nitriles is 1. The molecule has 1 N–H and O–H groups in total. The number of hydrogen-bond donors (Lipinski definition) is 1. The monoisotopic (exact) mass is 291 g/mol. The van der Waals surface area contributed by atoms with E-state index in [4.69, 9.17) is 19.7 Å². The Morgan fingerprint density at radius 3 is 2.33 bits per heavy atom. The van der Waals surface area contributed by atoms with E-state index in [0.29, 0.717) is 29.4 Å². The maximum absolute atomic E-state index is 9.26. The first-order valence-electron chi connectivity index (χ1n) is 6.15. The molecule has 0 spiro atoms. The Bertz CT molecular complexity index is 538. The molecule has 1 atom stereocenters. The topological polar surface area (TPSA) is 112 Å². The summed E-state index contributed by atoms with van der Waals surface area (Å²) in [5.74, 6) is 1.42. The average molecular weight is 291 g/mol. The summed E-state index contributed by atoms with van der Waals surface area (Å²) in [6, 6.07) is 4.97. The fourth-order valence-corrected chi connectivity index (χ4v) is 1.81. The molecule has 0 heterocycles. The highest BCUT2D eigenvalue weighted by Crippen LogP contribution is 2.39. The van der Waals surface area contributed by atoms with Crippen molar-refractivity contribution in [2.24, 2.45) is 5.11 Å². The van der Waals surface area contributed by atoms with Crippen LogP contribution in [0.4, 0.5) is 0 Å². The van der Waals surface area contributed by atoms with Crippen molar-refractivity contribution in [3.63, 3.8) is 0 Å². The normalized spacial score (nSPS) is 11.0. The minimum atomic E-state index is -0.576. The third kappa shape index (κ3) is 4.18. The average Bonchev–Trinajstić information content (AvgIpc) is 2.53. The minimum absolute atomic E-state index is 0.263. The van der Waals surface area contributed by atoms with Gasteiger partial charge in [-0.1, -0.05) is 5.11 Å². The van der Waals surface area contributed by atoms with Crippen molar-refractivity contribution in [2.45, 2.75) is 6.04 Å². The zero-order valence-corrected chi connectivity index (χ0v) is 12.2. The van der Waals surface area contributed by atoms with Crippen molar-refractivity contribution < 1.29 is 14.2 Å². The number of nitrogens with one attached hydrogen (secondary N) is 1. The summed E-state index contributed by atoms with van der Waals surface area (Å²) in [6.45, 7) is 0.651. The fraction of sp³-hybridized carbons (Fsp3) is 0.462. The molecule has 112 valence electrons. The molecular formula is C13H17N5O3. The Morgan fingerprint density at radius 1 is 1.29 bits per heavy atom. The molecule has 0 aromatic heterocycles. The Kier molecular flexibility index (Phi) is 6.68. The summed E-state index contributed by atoms with van der Waals surface area (Å²) in [4.78, 5) is 2.65. The lowest BCUT2D eigenvalue weighted by Gasteiger charge is -2.17. The van der Waals surface area contributed by atoms with Gasteiger partial charge in [-0.05, 0) is 23.2 Å². The Morgan fingerprint density at radius 2 is 1.90 bits per heavy atom. The van der Waals surface area contributed by atoms with Gasteiger partial charge in [-0.2, -0.15) is 5.26 Å². The second-order valence-electron chi connectivity index (χ2n) is 3.93. The van der Waals surface area contributed by atoms with Gasteiger partial charge in [0.05, 0.1) is 27.4 Å². The van der Waals surface area contributed by atoms with Gasteiger partial charge in [-0.25, -0.2) is 0 Å². The highest BCUT2D eigenvalue weighted by Gasteiger charge is 2.18. The number of ether oxygens (including phenoxy) is 3. The van der Waals surface area contributed by atoms with Crippen molar-refractivity contribution in [1.29, 1.82) is 5.26 Å². The lowest BCUT2D eigenvalue weighted by molar-refractivity contribution is 0.323. The lowest BCUT2D eigenvalue weighted by Crippen LogP contribution is -2.22. The molecule has 1 rings (SSSR count). The number of nitrogens with zero attached hydrogens (tertiary/aromatic N) is 4. The lowest BCUT2D eigenvalue weighted by atomic mass is 10.1. The smallest absolute Gasteiger partial charge is 0.203 e. The van der Waals surface area contributed by atoms with Crippen molar-refractivity contribution in [3.8, 4) is 23.3 Å². The van der Waals surface area contributed by atoms with Crippen molar-refractivity contribution in [3.05, 3.63) is 28.1 Å². The van der Waals surface area contributed by atoms with Gasteiger partial charge in [0.25, 0.3) is 0 Å². The molecule has 0 amide bonds. The molecule has 1 unspecified atom stereocenters. The first-order chi connectivity index (χ1) is 10.2. The molecule has 8 heteroatoms. The predicted octanol–water partition coefficient (Wildman–Crippen LogP) is 2.18. The highest BCUT2D eigenvalue weighted by molar-refractivity contribution is 5.55. The fourth-order valence-electron chi connectivity index (χ4n) is 1.81. The molecule has 0 saturated carbocycles. The zero-order chi connectivity index (χ0) is 15.7. The molecule has 8 nitrogen and oxygen atoms in total. The summed E-state index contributed by atoms with van der Waals surface area (Å²) in [5.41, 5.74) is 8.89. The summed E-state index contributed by atoms with van der Waals surface area (Å²) in [6.07, 6.45) is 0. The molecule has 0 aliphatic carbocycles. The van der Waals surface area contributed by atoms with Crippen LogP contribution in [0.3, 0.4) is 0 Å². The molecular weight excluding hydrogens is 274 g/mol. The molecule has 0 aliphatic rings. The molecule has 0 radical (unpaired) electrons. The largest absolute Gasteiger partial charge is 0.493 e. The van der Waals surface area contributed by atoms with Crippen LogP contribution in [0.5, 0.6) is 17.2 Å². The second kappa shape index (κ2) is 8.53. The molecule has 21 heavy (non-hydrogen) atoms. The number of hydrogen-bond acceptors (Lipinski definition) is 6. The van der Waals surface area contributed by atoms with Gasteiger partial charge < -0.3 is 14.2 Å². The number of methoxy groups -OCH3 is 3. The summed E-state index contributed by atoms with van der Waals surface area (Å²) < 4.78 is 15.7. The number of azide groups is 1. The van der Waals surface area contributed by atoms with Crippen LogP contribution in [0.15, 0.2) is 17.2 Å². The molecule has 0 bridgehead atoms. The van der Waals surface area contributed by atoms with Gasteiger partial charge in [-0.3, -0.25) is 5.32 Å². The van der Waals surface area contributed by atoms with Gasteiger partial charge in [0.15, 0.2) is 11.5 Å². The van der Waals surface area contributed by atoms with Crippen LogP contribution in [-0.4, -0.2) is 34.4 Å². The summed E-state index contributed by atoms with van der Waals surface area (Å²) in [5, 5.41) is 15.6. The van der Waals surface area contributed by atoms with Crippen LogP contribution in [0.2, 0.25) is 0 Å². The number of benzene rings is 1. The standard InChI is InChI=1S/C13H17N5O3/c1-19-11-6-9(7-12(20-2)13(11)21-3)10(8-14)16-4-5-17-18-15/h6-7,10,16H,4-5H2,1-3H3. The first kappa shape index (κ1) is 16.4. The maximum atomic E-state index is 9.26. The van der Waals surface area contributed by atoms with Gasteiger partial charge >= 0.3 is 0 Å². The third-order valence-electron chi connectivity index (χ3n) is 2.77. The Hall–Kier alpha value is -2.62. The van der Waals surface area contributed by atoms with E-state index in [0.717, 1.165) is 0 Å². The van der Waals surface area contributed by atoms with E-state index in [9.17, 15) is 5.26 Å². The van der Waals surface area contributed by atoms with Crippen LogP contribution >= 0.6 is 0 Å². The van der Waals surface area contributed by atoms with E-state index in [1.165, 1.54) is 21.3 Å². The van der Waals surface area contributed by atoms with Gasteiger partial charge in [-0.15, -0.1) is 0 Å². The summed E-state index contributed by atoms with van der Waals surface area (Å²) in [7, 11) is 4.54. The molecule has 0 fully saturated rings. The van der Waals surface area contributed by atoms with Crippen LogP contribution in [0.25, 0.3) is 10.4 Å². The van der Waals surface area contributed by atoms with Crippen LogP contribution < -0.4 is 19.5 Å². The van der Waals surface area contributed by atoms with Gasteiger partial charge in [0, 0.05) is 18.0 Å². The quantitative estimate of drug-likeness (QED) is 0.341. The van der Waals surface area contributed by atoms with Gasteiger partial charge in [0.1, 0.15) is 6.04 Å². The SMILES string of the molecule is COc1cc(C(C#N)NCCN=[N+]=[N-])cc(OC)c1OC. The third-order valence-corrected chi connectivity index (χ3v) is 2.77. The van der Waals surface area contributed by atoms with E-state index in [1.54, 1.807) is 12.1 Å². The van der Waals surface area contributed by atoms with Crippen LogP contribution in [0.1, 0.15) is 11.6 Å². The summed E-state index contributed by atoms with van der Waals surface area (Å²) >= 11 is 0. The van der Waals surface area contributed by atoms with Crippen molar-refractivity contribution in [2.75, 3.05) is 34.4 Å². The van der Waals surface area contributed by atoms with E-state index < -0.39 is 6.04 Å². The molecule has 0 aliphatic heterocycles. The van der Waals surface area contributed by atoms with Crippen molar-refractivity contribution in [1.82, 2.24) is 5.32 Å². The minimum Gasteiger partial charge on any atom is -0.493 e. The van der Waals surface area contributed by atoms with Gasteiger partial charge in [0.2, 0.25) is 5.75 Å². The number of rotatable bonds is 8. The van der Waals surface area contributed by atoms with Crippen LogP contribution in [-0.2, 0) is 0 Å². The first-order valence-corrected chi connectivity index (χ1v) is 6.15. The van der Waals surface area contributed by atoms with E-state index >= 15 is 0 Å². The van der Waals surface area contributed by atoms with E-state index in [2.05, 4.69) is 21.4 Å². The van der Waals surface area contributed by atoms with E-state index in [-0.39, 0.29) is 6.54 Å². The molecule has 0 saturated heterocycles. The predicted molar refractivity (Wildman–Crippen MR) is 76.5 cm³/mol. The Balaban J connectivity index is 3.04. The van der Waals surface area contributed by atoms with E-state index in [1.807, 2.05) is 0 Å². The second-order valence-corrected chi connectivity index (χ2v) is 3.93. The van der Waals surface area contributed by atoms with Crippen LogP contribution in [0, 0.1) is 11.3 Å².